The van der Waals surface area contributed by atoms with E-state index in [1.54, 1.807) is 49.5 Å². The molecule has 27 heavy (non-hydrogen) atoms. The Morgan fingerprint density at radius 2 is 2.00 bits per heavy atom. The lowest BCUT2D eigenvalue weighted by Crippen LogP contribution is -2.48. The Kier molecular flexibility index (Phi) is 5.18. The number of halogens is 1. The van der Waals surface area contributed by atoms with Gasteiger partial charge in [-0.15, -0.1) is 0 Å². The standard InChI is InChI=1S/C19H19IN4O3/c1-11(2)19(3)17(26)24(18(27)23-19)15-8-7-12(10-13(15)20)22-16(25)14-6-4-5-9-21-14/h4-11H,1-3H3,(H,22,25)(H,23,27)/t19-/m1/s1. The average Bonchev–Trinajstić information content (AvgIpc) is 2.86. The van der Waals surface area contributed by atoms with E-state index in [1.807, 2.05) is 36.4 Å². The first kappa shape index (κ1) is 19.3. The molecule has 7 nitrogen and oxygen atoms in total. The summed E-state index contributed by atoms with van der Waals surface area (Å²) in [6.45, 7) is 5.51. The molecule has 1 aromatic carbocycles. The summed E-state index contributed by atoms with van der Waals surface area (Å²) in [6.07, 6.45) is 1.55. The SMILES string of the molecule is CC(C)[C@@]1(C)NC(=O)N(c2ccc(NC(=O)c3ccccn3)cc2I)C1=O. The van der Waals surface area contributed by atoms with Gasteiger partial charge in [0.25, 0.3) is 11.8 Å². The van der Waals surface area contributed by atoms with E-state index in [9.17, 15) is 14.4 Å². The molecule has 2 N–H and O–H groups in total. The van der Waals surface area contributed by atoms with Crippen molar-refractivity contribution in [2.24, 2.45) is 5.92 Å². The molecule has 0 aliphatic carbocycles. The van der Waals surface area contributed by atoms with Crippen molar-refractivity contribution in [2.45, 2.75) is 26.3 Å². The fourth-order valence-corrected chi connectivity index (χ4v) is 3.48. The smallest absolute Gasteiger partial charge is 0.323 e. The van der Waals surface area contributed by atoms with Crippen LogP contribution in [-0.2, 0) is 4.79 Å². The highest BCUT2D eigenvalue weighted by Crippen LogP contribution is 2.33. The van der Waals surface area contributed by atoms with Gasteiger partial charge in [-0.1, -0.05) is 19.9 Å². The molecule has 2 heterocycles. The first-order valence-electron chi connectivity index (χ1n) is 8.42. The van der Waals surface area contributed by atoms with Gasteiger partial charge in [-0.3, -0.25) is 14.6 Å². The largest absolute Gasteiger partial charge is 0.329 e. The summed E-state index contributed by atoms with van der Waals surface area (Å²) in [5, 5.41) is 5.54. The zero-order chi connectivity index (χ0) is 19.8. The third kappa shape index (κ3) is 3.53. The number of nitrogens with zero attached hydrogens (tertiary/aromatic N) is 2. The number of nitrogens with one attached hydrogen (secondary N) is 2. The Bertz CT molecular complexity index is 916. The van der Waals surface area contributed by atoms with Crippen LogP contribution in [0.2, 0.25) is 0 Å². The molecular weight excluding hydrogens is 459 g/mol. The van der Waals surface area contributed by atoms with Crippen LogP contribution in [0.4, 0.5) is 16.2 Å². The van der Waals surface area contributed by atoms with E-state index in [0.717, 1.165) is 4.90 Å². The van der Waals surface area contributed by atoms with Gasteiger partial charge >= 0.3 is 6.03 Å². The van der Waals surface area contributed by atoms with E-state index >= 15 is 0 Å². The molecule has 0 unspecified atom stereocenters. The van der Waals surface area contributed by atoms with E-state index in [1.165, 1.54) is 0 Å². The van der Waals surface area contributed by atoms with Crippen molar-refractivity contribution < 1.29 is 14.4 Å². The summed E-state index contributed by atoms with van der Waals surface area (Å²) in [4.78, 5) is 42.7. The normalized spacial score (nSPS) is 19.4. The van der Waals surface area contributed by atoms with Crippen LogP contribution in [0, 0.1) is 9.49 Å². The molecule has 0 radical (unpaired) electrons. The minimum atomic E-state index is -0.938. The van der Waals surface area contributed by atoms with Gasteiger partial charge in [0.05, 0.1) is 5.69 Å². The molecule has 0 saturated carbocycles. The predicted octanol–water partition coefficient (Wildman–Crippen LogP) is 3.41. The highest BCUT2D eigenvalue weighted by molar-refractivity contribution is 14.1. The second-order valence-electron chi connectivity index (χ2n) is 6.76. The number of amides is 4. The molecule has 1 atom stereocenters. The molecule has 1 fully saturated rings. The van der Waals surface area contributed by atoms with Gasteiger partial charge in [-0.25, -0.2) is 9.69 Å². The van der Waals surface area contributed by atoms with E-state index in [4.69, 9.17) is 0 Å². The van der Waals surface area contributed by atoms with Gasteiger partial charge in [0.15, 0.2) is 0 Å². The number of carbonyl (C=O) groups is 3. The first-order chi connectivity index (χ1) is 12.7. The van der Waals surface area contributed by atoms with Crippen LogP contribution in [0.15, 0.2) is 42.6 Å². The minimum absolute atomic E-state index is 0.0476. The number of benzene rings is 1. The van der Waals surface area contributed by atoms with Crippen molar-refractivity contribution in [3.05, 3.63) is 51.9 Å². The predicted molar refractivity (Wildman–Crippen MR) is 111 cm³/mol. The summed E-state index contributed by atoms with van der Waals surface area (Å²) >= 11 is 2.05. The van der Waals surface area contributed by atoms with Crippen molar-refractivity contribution in [3.63, 3.8) is 0 Å². The minimum Gasteiger partial charge on any atom is -0.323 e. The molecule has 1 aliphatic rings. The zero-order valence-electron chi connectivity index (χ0n) is 15.1. The maximum atomic E-state index is 12.8. The maximum absolute atomic E-state index is 12.8. The molecule has 4 amide bonds. The number of rotatable bonds is 4. The maximum Gasteiger partial charge on any atom is 0.329 e. The monoisotopic (exact) mass is 478 g/mol. The van der Waals surface area contributed by atoms with Crippen molar-refractivity contribution in [1.82, 2.24) is 10.3 Å². The zero-order valence-corrected chi connectivity index (χ0v) is 17.3. The highest BCUT2D eigenvalue weighted by Gasteiger charge is 2.50. The summed E-state index contributed by atoms with van der Waals surface area (Å²) in [5.74, 6) is -0.666. The van der Waals surface area contributed by atoms with E-state index in [0.29, 0.717) is 20.6 Å². The number of carbonyl (C=O) groups excluding carboxylic acids is 3. The number of imide groups is 1. The van der Waals surface area contributed by atoms with Crippen LogP contribution in [-0.4, -0.2) is 28.4 Å². The summed E-state index contributed by atoms with van der Waals surface area (Å²) in [6, 6.07) is 9.66. The van der Waals surface area contributed by atoms with Gasteiger partial charge in [0, 0.05) is 15.5 Å². The third-order valence-corrected chi connectivity index (χ3v) is 5.58. The van der Waals surface area contributed by atoms with Gasteiger partial charge in [-0.2, -0.15) is 0 Å². The van der Waals surface area contributed by atoms with Crippen molar-refractivity contribution in [3.8, 4) is 0 Å². The molecule has 3 rings (SSSR count). The Balaban J connectivity index is 1.84. The lowest BCUT2D eigenvalue weighted by atomic mass is 9.88. The molecule has 2 aromatic rings. The Labute approximate surface area is 170 Å². The Morgan fingerprint density at radius 1 is 1.26 bits per heavy atom. The Hall–Kier alpha value is -2.49. The summed E-state index contributed by atoms with van der Waals surface area (Å²) in [7, 11) is 0. The molecule has 1 saturated heterocycles. The van der Waals surface area contributed by atoms with Gasteiger partial charge in [0.2, 0.25) is 0 Å². The first-order valence-corrected chi connectivity index (χ1v) is 9.50. The van der Waals surface area contributed by atoms with Crippen molar-refractivity contribution in [1.29, 1.82) is 0 Å². The second kappa shape index (κ2) is 7.26. The van der Waals surface area contributed by atoms with E-state index in [-0.39, 0.29) is 17.7 Å². The fourth-order valence-electron chi connectivity index (χ4n) is 2.72. The quantitative estimate of drug-likeness (QED) is 0.521. The van der Waals surface area contributed by atoms with Crippen LogP contribution in [0.1, 0.15) is 31.3 Å². The number of pyridine rings is 1. The summed E-state index contributed by atoms with van der Waals surface area (Å²) < 4.78 is 0.669. The number of aromatic nitrogens is 1. The van der Waals surface area contributed by atoms with Crippen LogP contribution in [0.5, 0.6) is 0 Å². The highest BCUT2D eigenvalue weighted by atomic mass is 127. The van der Waals surface area contributed by atoms with Gasteiger partial charge in [0.1, 0.15) is 11.2 Å². The molecule has 0 bridgehead atoms. The van der Waals surface area contributed by atoms with Crippen molar-refractivity contribution in [2.75, 3.05) is 10.2 Å². The van der Waals surface area contributed by atoms with Crippen molar-refractivity contribution >= 4 is 51.8 Å². The molecule has 8 heteroatoms. The lowest BCUT2D eigenvalue weighted by Gasteiger charge is -2.26. The Morgan fingerprint density at radius 3 is 2.56 bits per heavy atom. The van der Waals surface area contributed by atoms with E-state index < -0.39 is 11.6 Å². The van der Waals surface area contributed by atoms with Crippen LogP contribution < -0.4 is 15.5 Å². The lowest BCUT2D eigenvalue weighted by molar-refractivity contribution is -0.122. The second-order valence-corrected chi connectivity index (χ2v) is 7.93. The van der Waals surface area contributed by atoms with E-state index in [2.05, 4.69) is 15.6 Å². The molecule has 1 aromatic heterocycles. The van der Waals surface area contributed by atoms with Gasteiger partial charge < -0.3 is 10.6 Å². The fraction of sp³-hybridized carbons (Fsp3) is 0.263. The van der Waals surface area contributed by atoms with Crippen LogP contribution in [0.25, 0.3) is 0 Å². The molecular formula is C19H19IN4O3. The van der Waals surface area contributed by atoms with Crippen LogP contribution >= 0.6 is 22.6 Å². The van der Waals surface area contributed by atoms with Gasteiger partial charge in [-0.05, 0) is 65.8 Å². The number of hydrogen-bond donors (Lipinski definition) is 2. The molecule has 0 spiro atoms. The topological polar surface area (TPSA) is 91.4 Å². The molecule has 1 aliphatic heterocycles. The van der Waals surface area contributed by atoms with Crippen LogP contribution in [0.3, 0.4) is 0 Å². The summed E-state index contributed by atoms with van der Waals surface area (Å²) in [5.41, 5.74) is 0.403. The number of anilines is 2. The number of urea groups is 1. The number of hydrogen-bond acceptors (Lipinski definition) is 4. The third-order valence-electron chi connectivity index (χ3n) is 4.72. The molecule has 140 valence electrons. The average molecular weight is 478 g/mol.